The molecule has 1 amide bonds. The number of benzene rings is 1. The van der Waals surface area contributed by atoms with Crippen molar-refractivity contribution in [2.45, 2.75) is 13.8 Å². The fraction of sp³-hybridized carbons (Fsp3) is 0.188. The molecule has 0 atom stereocenters. The highest BCUT2D eigenvalue weighted by Gasteiger charge is 2.10. The predicted octanol–water partition coefficient (Wildman–Crippen LogP) is 2.55. The van der Waals surface area contributed by atoms with Crippen LogP contribution < -0.4 is 10.2 Å². The Morgan fingerprint density at radius 2 is 2.10 bits per heavy atom. The molecule has 0 aliphatic carbocycles. The van der Waals surface area contributed by atoms with Crippen molar-refractivity contribution in [1.82, 2.24) is 10.4 Å². The summed E-state index contributed by atoms with van der Waals surface area (Å²) < 4.78 is 5.41. The number of hydrogen-bond donors (Lipinski definition) is 1. The first-order chi connectivity index (χ1) is 10.2. The van der Waals surface area contributed by atoms with E-state index in [1.165, 1.54) is 6.21 Å². The summed E-state index contributed by atoms with van der Waals surface area (Å²) in [7, 11) is 0. The fourth-order valence-corrected chi connectivity index (χ4v) is 1.79. The van der Waals surface area contributed by atoms with E-state index >= 15 is 0 Å². The Morgan fingerprint density at radius 1 is 1.29 bits per heavy atom. The Bertz CT molecular complexity index is 653. The van der Waals surface area contributed by atoms with Gasteiger partial charge in [0.15, 0.2) is 0 Å². The lowest BCUT2D eigenvalue weighted by Gasteiger charge is -2.08. The van der Waals surface area contributed by atoms with Gasteiger partial charge in [-0.1, -0.05) is 18.2 Å². The molecule has 2 aromatic rings. The topological polar surface area (TPSA) is 63.6 Å². The van der Waals surface area contributed by atoms with Crippen LogP contribution >= 0.6 is 0 Å². The van der Waals surface area contributed by atoms with Gasteiger partial charge in [0.05, 0.1) is 24.1 Å². The van der Waals surface area contributed by atoms with Gasteiger partial charge in [-0.15, -0.1) is 0 Å². The molecule has 5 heteroatoms. The van der Waals surface area contributed by atoms with Crippen molar-refractivity contribution < 1.29 is 9.53 Å². The van der Waals surface area contributed by atoms with Gasteiger partial charge < -0.3 is 4.74 Å². The molecule has 0 aliphatic rings. The summed E-state index contributed by atoms with van der Waals surface area (Å²) in [6, 6.07) is 12.6. The maximum Gasteiger partial charge on any atom is 0.275 e. The van der Waals surface area contributed by atoms with E-state index in [1.54, 1.807) is 18.2 Å². The molecule has 1 aromatic carbocycles. The lowest BCUT2D eigenvalue weighted by molar-refractivity contribution is 0.0951. The minimum Gasteiger partial charge on any atom is -0.493 e. The minimum absolute atomic E-state index is 0.317. The number of para-hydroxylation sites is 1. The molecule has 0 aliphatic heterocycles. The molecule has 1 heterocycles. The van der Waals surface area contributed by atoms with E-state index in [9.17, 15) is 4.79 Å². The summed E-state index contributed by atoms with van der Waals surface area (Å²) in [5, 5.41) is 3.92. The summed E-state index contributed by atoms with van der Waals surface area (Å²) in [5.74, 6) is 0.226. The standard InChI is InChI=1S/C16H17N3O2/c1-3-21-15-10-5-4-9-14(15)16(20)19-17-11-13-8-6-7-12(2)18-13/h4-11H,3H2,1-2H3,(H,19,20)/b17-11+. The number of hydrogen-bond acceptors (Lipinski definition) is 4. The van der Waals surface area contributed by atoms with Crippen molar-refractivity contribution in [2.75, 3.05) is 6.61 Å². The molecule has 2 rings (SSSR count). The first kappa shape index (κ1) is 14.7. The van der Waals surface area contributed by atoms with Crippen LogP contribution in [0.15, 0.2) is 47.6 Å². The maximum atomic E-state index is 12.1. The number of aromatic nitrogens is 1. The molecule has 0 bridgehead atoms. The van der Waals surface area contributed by atoms with Gasteiger partial charge in [0.2, 0.25) is 0 Å². The van der Waals surface area contributed by atoms with E-state index in [0.717, 1.165) is 5.69 Å². The highest BCUT2D eigenvalue weighted by Crippen LogP contribution is 2.17. The second kappa shape index (κ2) is 7.19. The van der Waals surface area contributed by atoms with E-state index < -0.39 is 0 Å². The molecule has 108 valence electrons. The van der Waals surface area contributed by atoms with Crippen LogP contribution in [0, 0.1) is 6.92 Å². The quantitative estimate of drug-likeness (QED) is 0.677. The van der Waals surface area contributed by atoms with Crippen LogP contribution in [0.2, 0.25) is 0 Å². The zero-order valence-corrected chi connectivity index (χ0v) is 12.0. The Hall–Kier alpha value is -2.69. The van der Waals surface area contributed by atoms with Gasteiger partial charge in [-0.2, -0.15) is 5.10 Å². The number of rotatable bonds is 5. The number of aryl methyl sites for hydroxylation is 1. The predicted molar refractivity (Wildman–Crippen MR) is 81.6 cm³/mol. The highest BCUT2D eigenvalue weighted by molar-refractivity contribution is 5.97. The number of carbonyl (C=O) groups is 1. The maximum absolute atomic E-state index is 12.1. The second-order valence-corrected chi connectivity index (χ2v) is 4.33. The van der Waals surface area contributed by atoms with Crippen LogP contribution in [-0.4, -0.2) is 23.7 Å². The molecule has 21 heavy (non-hydrogen) atoms. The van der Waals surface area contributed by atoms with E-state index in [0.29, 0.717) is 23.6 Å². The SMILES string of the molecule is CCOc1ccccc1C(=O)N/N=C/c1cccc(C)n1. The van der Waals surface area contributed by atoms with Gasteiger partial charge in [-0.3, -0.25) is 9.78 Å². The van der Waals surface area contributed by atoms with Crippen LogP contribution in [0.5, 0.6) is 5.75 Å². The smallest absolute Gasteiger partial charge is 0.275 e. The van der Waals surface area contributed by atoms with Gasteiger partial charge in [-0.05, 0) is 38.1 Å². The summed E-state index contributed by atoms with van der Waals surface area (Å²) in [6.45, 7) is 4.27. The zero-order chi connectivity index (χ0) is 15.1. The van der Waals surface area contributed by atoms with Crippen LogP contribution in [0.25, 0.3) is 0 Å². The van der Waals surface area contributed by atoms with E-state index in [1.807, 2.05) is 38.1 Å². The molecule has 0 unspecified atom stereocenters. The number of amides is 1. The number of pyridine rings is 1. The lowest BCUT2D eigenvalue weighted by Crippen LogP contribution is -2.18. The zero-order valence-electron chi connectivity index (χ0n) is 12.0. The third-order valence-corrected chi connectivity index (χ3v) is 2.70. The highest BCUT2D eigenvalue weighted by atomic mass is 16.5. The molecular weight excluding hydrogens is 266 g/mol. The Kier molecular flexibility index (Phi) is 5.04. The van der Waals surface area contributed by atoms with Gasteiger partial charge in [-0.25, -0.2) is 5.43 Å². The number of ether oxygens (including phenoxy) is 1. The number of nitrogens with zero attached hydrogens (tertiary/aromatic N) is 2. The van der Waals surface area contributed by atoms with Crippen LogP contribution in [0.3, 0.4) is 0 Å². The number of nitrogens with one attached hydrogen (secondary N) is 1. The van der Waals surface area contributed by atoms with Crippen LogP contribution in [-0.2, 0) is 0 Å². The normalized spacial score (nSPS) is 10.6. The monoisotopic (exact) mass is 283 g/mol. The third-order valence-electron chi connectivity index (χ3n) is 2.70. The Balaban J connectivity index is 2.05. The van der Waals surface area contributed by atoms with E-state index in [-0.39, 0.29) is 5.91 Å². The number of hydrazone groups is 1. The van der Waals surface area contributed by atoms with Crippen molar-refractivity contribution >= 4 is 12.1 Å². The average molecular weight is 283 g/mol. The lowest BCUT2D eigenvalue weighted by atomic mass is 10.2. The third kappa shape index (κ3) is 4.14. The van der Waals surface area contributed by atoms with Gasteiger partial charge in [0, 0.05) is 5.69 Å². The summed E-state index contributed by atoms with van der Waals surface area (Å²) in [4.78, 5) is 16.3. The van der Waals surface area contributed by atoms with Crippen molar-refractivity contribution in [1.29, 1.82) is 0 Å². The molecule has 0 saturated carbocycles. The molecular formula is C16H17N3O2. The van der Waals surface area contributed by atoms with Gasteiger partial charge in [0.1, 0.15) is 5.75 Å². The van der Waals surface area contributed by atoms with Crippen molar-refractivity contribution in [3.63, 3.8) is 0 Å². The van der Waals surface area contributed by atoms with Crippen molar-refractivity contribution in [3.05, 3.63) is 59.4 Å². The summed E-state index contributed by atoms with van der Waals surface area (Å²) in [6.07, 6.45) is 1.51. The average Bonchev–Trinajstić information content (AvgIpc) is 2.48. The first-order valence-electron chi connectivity index (χ1n) is 6.69. The largest absolute Gasteiger partial charge is 0.493 e. The molecule has 0 fully saturated rings. The Morgan fingerprint density at radius 3 is 2.86 bits per heavy atom. The molecule has 1 aromatic heterocycles. The van der Waals surface area contributed by atoms with Crippen LogP contribution in [0.1, 0.15) is 28.7 Å². The molecule has 5 nitrogen and oxygen atoms in total. The number of carbonyl (C=O) groups excluding carboxylic acids is 1. The van der Waals surface area contributed by atoms with Gasteiger partial charge >= 0.3 is 0 Å². The van der Waals surface area contributed by atoms with Crippen molar-refractivity contribution in [3.8, 4) is 5.75 Å². The first-order valence-corrected chi connectivity index (χ1v) is 6.69. The van der Waals surface area contributed by atoms with Crippen LogP contribution in [0.4, 0.5) is 0 Å². The molecule has 0 spiro atoms. The molecule has 0 radical (unpaired) electrons. The van der Waals surface area contributed by atoms with Crippen molar-refractivity contribution in [2.24, 2.45) is 5.10 Å². The minimum atomic E-state index is -0.317. The van der Waals surface area contributed by atoms with E-state index in [2.05, 4.69) is 15.5 Å². The fourth-order valence-electron chi connectivity index (χ4n) is 1.79. The van der Waals surface area contributed by atoms with E-state index in [4.69, 9.17) is 4.74 Å². The second-order valence-electron chi connectivity index (χ2n) is 4.33. The Labute approximate surface area is 123 Å². The molecule has 1 N–H and O–H groups in total. The summed E-state index contributed by atoms with van der Waals surface area (Å²) >= 11 is 0. The summed E-state index contributed by atoms with van der Waals surface area (Å²) in [5.41, 5.74) is 4.51. The molecule has 0 saturated heterocycles. The van der Waals surface area contributed by atoms with Gasteiger partial charge in [0.25, 0.3) is 5.91 Å².